The van der Waals surface area contributed by atoms with E-state index in [-0.39, 0.29) is 17.6 Å². The zero-order valence-corrected chi connectivity index (χ0v) is 36.4. The molecular formula is C46H48FN8O6P. The van der Waals surface area contributed by atoms with Crippen molar-refractivity contribution in [1.29, 1.82) is 0 Å². The minimum atomic E-state index is -2.63. The largest absolute Gasteiger partial charge is 0.438 e. The molecule has 14 nitrogen and oxygen atoms in total. The van der Waals surface area contributed by atoms with Gasteiger partial charge in [0.15, 0.2) is 5.82 Å². The van der Waals surface area contributed by atoms with Crippen LogP contribution in [0.1, 0.15) is 89.3 Å². The number of benzene rings is 3. The van der Waals surface area contributed by atoms with Gasteiger partial charge in [0, 0.05) is 60.3 Å². The summed E-state index contributed by atoms with van der Waals surface area (Å²) in [5.74, 6) is -0.0513. The minimum absolute atomic E-state index is 0.0246. The van der Waals surface area contributed by atoms with Crippen LogP contribution >= 0.6 is 7.14 Å². The Morgan fingerprint density at radius 1 is 0.952 bits per heavy atom. The fourth-order valence-corrected chi connectivity index (χ4v) is 10.8. The van der Waals surface area contributed by atoms with Gasteiger partial charge in [0.2, 0.25) is 0 Å². The van der Waals surface area contributed by atoms with Gasteiger partial charge in [-0.2, -0.15) is 5.10 Å². The topological polar surface area (TPSA) is 155 Å². The van der Waals surface area contributed by atoms with Crippen LogP contribution in [-0.4, -0.2) is 77.5 Å². The van der Waals surface area contributed by atoms with Crippen LogP contribution in [0.5, 0.6) is 0 Å². The number of H-pyrrole nitrogens is 1. The molecule has 7 aromatic rings. The standard InChI is InChI=1S/C46H48FN8O6P/c1-26-20-34(21-27(2)40(26)47)55-41(53-17-16-52(45(53)58)33-8-7-9-35(24-33)62(5,6)59)39-29(4)51(15-12-36(39)49-55)42(56)38-23-32-22-31(30-13-18-60-19-14-30)10-11-37(32)54(38)46(25-28(46)3)43-48-44(57)61-50-43/h7-11,16-17,20-24,28-30H,12-15,18-19,25H2,1-6H3,(H,48,50,57)/t28-,29-,46-/m0/s1. The molecule has 1 aliphatic carbocycles. The molecule has 0 spiro atoms. The number of ether oxygens (including phenoxy) is 1. The van der Waals surface area contributed by atoms with E-state index in [9.17, 15) is 14.2 Å². The van der Waals surface area contributed by atoms with Gasteiger partial charge in [0.1, 0.15) is 30.0 Å². The fraction of sp³-hybridized carbons (Fsp3) is 0.370. The molecule has 3 aromatic carbocycles. The summed E-state index contributed by atoms with van der Waals surface area (Å²) in [4.78, 5) is 47.1. The summed E-state index contributed by atoms with van der Waals surface area (Å²) in [7, 11) is -2.63. The number of hydrogen-bond donors (Lipinski definition) is 1. The van der Waals surface area contributed by atoms with Gasteiger partial charge in [-0.1, -0.05) is 30.3 Å². The van der Waals surface area contributed by atoms with E-state index in [1.54, 1.807) is 80.7 Å². The molecule has 6 heterocycles. The van der Waals surface area contributed by atoms with E-state index in [4.69, 9.17) is 14.4 Å². The average Bonchev–Trinajstić information content (AvgIpc) is 3.75. The lowest BCUT2D eigenvalue weighted by Crippen LogP contribution is -2.41. The highest BCUT2D eigenvalue weighted by molar-refractivity contribution is 7.70. The molecule has 0 bridgehead atoms. The maximum atomic E-state index is 15.4. The molecule has 320 valence electrons. The van der Waals surface area contributed by atoms with Gasteiger partial charge in [0.25, 0.3) is 5.91 Å². The zero-order valence-electron chi connectivity index (χ0n) is 35.5. The van der Waals surface area contributed by atoms with E-state index in [1.807, 2.05) is 22.5 Å². The normalized spacial score (nSPS) is 20.5. The first-order valence-electron chi connectivity index (χ1n) is 21.1. The van der Waals surface area contributed by atoms with Crippen molar-refractivity contribution in [2.75, 3.05) is 33.1 Å². The molecule has 3 aliphatic rings. The summed E-state index contributed by atoms with van der Waals surface area (Å²) in [6.07, 6.45) is 6.18. The molecule has 1 N–H and O–H groups in total. The molecule has 2 fully saturated rings. The van der Waals surface area contributed by atoms with Crippen LogP contribution in [0, 0.1) is 25.6 Å². The van der Waals surface area contributed by atoms with Gasteiger partial charge in [-0.15, -0.1) is 0 Å². The fourth-order valence-electron chi connectivity index (χ4n) is 9.93. The Bertz CT molecular complexity index is 3100. The van der Waals surface area contributed by atoms with Crippen molar-refractivity contribution in [3.8, 4) is 17.2 Å². The molecule has 62 heavy (non-hydrogen) atoms. The molecule has 4 aromatic heterocycles. The first kappa shape index (κ1) is 40.0. The van der Waals surface area contributed by atoms with Crippen LogP contribution in [0.3, 0.4) is 0 Å². The molecule has 10 rings (SSSR count). The smallest absolute Gasteiger partial charge is 0.381 e. The molecule has 1 saturated heterocycles. The Balaban J connectivity index is 1.12. The maximum absolute atomic E-state index is 15.4. The van der Waals surface area contributed by atoms with Crippen LogP contribution < -0.4 is 16.8 Å². The lowest BCUT2D eigenvalue weighted by molar-refractivity contribution is 0.0663. The molecule has 0 radical (unpaired) electrons. The van der Waals surface area contributed by atoms with Gasteiger partial charge < -0.3 is 18.8 Å². The number of fused-ring (bicyclic) bond motifs is 2. The van der Waals surface area contributed by atoms with E-state index < -0.39 is 30.2 Å². The first-order chi connectivity index (χ1) is 29.6. The summed E-state index contributed by atoms with van der Waals surface area (Å²) >= 11 is 0. The van der Waals surface area contributed by atoms with Crippen LogP contribution in [0.2, 0.25) is 0 Å². The van der Waals surface area contributed by atoms with Crippen molar-refractivity contribution in [3.05, 3.63) is 139 Å². The number of aryl methyl sites for hydroxylation is 2. The summed E-state index contributed by atoms with van der Waals surface area (Å²) in [6, 6.07) is 18.3. The lowest BCUT2D eigenvalue weighted by atomic mass is 9.91. The van der Waals surface area contributed by atoms with Crippen molar-refractivity contribution < 1.29 is 23.0 Å². The summed E-state index contributed by atoms with van der Waals surface area (Å²) in [5, 5.41) is 10.8. The molecule has 1 amide bonds. The van der Waals surface area contributed by atoms with Crippen LogP contribution in [0.25, 0.3) is 28.1 Å². The molecule has 2 aliphatic heterocycles. The second kappa shape index (κ2) is 14.5. The Morgan fingerprint density at radius 3 is 2.35 bits per heavy atom. The third-order valence-corrected chi connectivity index (χ3v) is 14.9. The lowest BCUT2D eigenvalue weighted by Gasteiger charge is -2.34. The Hall–Kier alpha value is -6.05. The van der Waals surface area contributed by atoms with Gasteiger partial charge in [-0.3, -0.25) is 23.4 Å². The second-order valence-corrected chi connectivity index (χ2v) is 20.9. The van der Waals surface area contributed by atoms with Crippen molar-refractivity contribution in [2.24, 2.45) is 5.92 Å². The number of carbonyl (C=O) groups is 1. The van der Waals surface area contributed by atoms with Gasteiger partial charge in [-0.05, 0) is 124 Å². The van der Waals surface area contributed by atoms with Gasteiger partial charge in [0.05, 0.1) is 23.1 Å². The van der Waals surface area contributed by atoms with E-state index in [0.717, 1.165) is 23.7 Å². The Labute approximate surface area is 356 Å². The van der Waals surface area contributed by atoms with Crippen molar-refractivity contribution >= 4 is 29.3 Å². The summed E-state index contributed by atoms with van der Waals surface area (Å²) < 4.78 is 45.6. The number of hydrogen-bond acceptors (Lipinski definition) is 8. The third-order valence-electron chi connectivity index (χ3n) is 13.4. The van der Waals surface area contributed by atoms with Crippen LogP contribution in [0.15, 0.2) is 87.2 Å². The molecule has 0 unspecified atom stereocenters. The highest BCUT2D eigenvalue weighted by Crippen LogP contribution is 2.56. The average molecular weight is 859 g/mol. The third kappa shape index (κ3) is 6.30. The van der Waals surface area contributed by atoms with E-state index in [0.29, 0.717) is 94.9 Å². The van der Waals surface area contributed by atoms with Crippen molar-refractivity contribution in [1.82, 2.24) is 38.5 Å². The number of halogens is 1. The predicted molar refractivity (Wildman–Crippen MR) is 233 cm³/mol. The quantitative estimate of drug-likeness (QED) is 0.162. The Kier molecular flexibility index (Phi) is 9.38. The number of aromatic amines is 1. The SMILES string of the molecule is Cc1cc(-n2nc3c(c2-n2ccn(-c4cccc(P(C)(C)=O)c4)c2=O)[C@H](C)N(C(=O)c2cc4cc(C5CCOCC5)ccc4n2[C@@]2(c4noc(=O)[nH]4)C[C@@H]2C)CC3)cc(C)c1F. The zero-order chi connectivity index (χ0) is 43.4. The monoisotopic (exact) mass is 858 g/mol. The Morgan fingerprint density at radius 2 is 1.68 bits per heavy atom. The molecular weight excluding hydrogens is 811 g/mol. The number of carbonyl (C=O) groups excluding carboxylic acids is 1. The molecule has 3 atom stereocenters. The second-order valence-electron chi connectivity index (χ2n) is 17.6. The first-order valence-corrected chi connectivity index (χ1v) is 23.7. The summed E-state index contributed by atoms with van der Waals surface area (Å²) in [6.45, 7) is 12.5. The number of nitrogens with one attached hydrogen (secondary N) is 1. The van der Waals surface area contributed by atoms with Crippen LogP contribution in [0.4, 0.5) is 4.39 Å². The number of nitrogens with zero attached hydrogens (tertiary/aromatic N) is 7. The predicted octanol–water partition coefficient (Wildman–Crippen LogP) is 6.89. The van der Waals surface area contributed by atoms with Crippen molar-refractivity contribution in [3.63, 3.8) is 0 Å². The van der Waals surface area contributed by atoms with Crippen LogP contribution in [-0.2, 0) is 21.3 Å². The van der Waals surface area contributed by atoms with Crippen molar-refractivity contribution in [2.45, 2.75) is 70.9 Å². The molecule has 1 saturated carbocycles. The minimum Gasteiger partial charge on any atom is -0.381 e. The highest BCUT2D eigenvalue weighted by atomic mass is 31.2. The number of rotatable bonds is 8. The highest BCUT2D eigenvalue weighted by Gasteiger charge is 2.59. The van der Waals surface area contributed by atoms with Gasteiger partial charge in [-0.25, -0.2) is 18.7 Å². The van der Waals surface area contributed by atoms with E-state index >= 15 is 9.18 Å². The maximum Gasteiger partial charge on any atom is 0.438 e. The van der Waals surface area contributed by atoms with E-state index in [1.165, 1.54) is 14.7 Å². The number of imidazole rings is 1. The van der Waals surface area contributed by atoms with E-state index in [2.05, 4.69) is 35.3 Å². The summed E-state index contributed by atoms with van der Waals surface area (Å²) in [5.41, 5.74) is 4.63. The number of aromatic nitrogens is 7. The van der Waals surface area contributed by atoms with Gasteiger partial charge >= 0.3 is 11.4 Å². The number of amides is 1. The molecule has 16 heteroatoms.